The molecule has 0 saturated carbocycles. The summed E-state index contributed by atoms with van der Waals surface area (Å²) in [5.41, 5.74) is 3.62. The second kappa shape index (κ2) is 10.3. The van der Waals surface area contributed by atoms with E-state index in [1.165, 1.54) is 11.1 Å². The number of benzene rings is 2. The lowest BCUT2D eigenvalue weighted by Gasteiger charge is -2.17. The highest BCUT2D eigenvalue weighted by molar-refractivity contribution is 5.39. The first-order chi connectivity index (χ1) is 11.9. The summed E-state index contributed by atoms with van der Waals surface area (Å²) >= 11 is 0. The molecule has 3 aromatic rings. The maximum absolute atomic E-state index is 4.53. The van der Waals surface area contributed by atoms with E-state index in [0.717, 1.165) is 18.8 Å². The third kappa shape index (κ3) is 5.32. The number of aromatic nitrogens is 1. The van der Waals surface area contributed by atoms with Crippen LogP contribution in [0, 0.1) is 0 Å². The van der Waals surface area contributed by atoms with Crippen LogP contribution in [0.25, 0.3) is 0 Å². The lowest BCUT2D eigenvalue weighted by Crippen LogP contribution is -2.09. The highest BCUT2D eigenvalue weighted by atomic mass is 14.8. The van der Waals surface area contributed by atoms with Crippen LogP contribution in [0.15, 0.2) is 85.1 Å². The molecular weight excluding hydrogens is 292 g/mol. The molecule has 0 radical (unpaired) electrons. The Labute approximate surface area is 145 Å². The summed E-state index contributed by atoms with van der Waals surface area (Å²) in [6.45, 7) is 6.39. The van der Waals surface area contributed by atoms with E-state index in [4.69, 9.17) is 0 Å². The Kier molecular flexibility index (Phi) is 7.72. The Morgan fingerprint density at radius 2 is 1.21 bits per heavy atom. The number of hydrogen-bond acceptors (Lipinski definition) is 2. The number of hydrogen-bond donors (Lipinski definition) is 1. The predicted molar refractivity (Wildman–Crippen MR) is 102 cm³/mol. The monoisotopic (exact) mass is 318 g/mol. The smallest absolute Gasteiger partial charge is 0.0522 e. The fourth-order valence-electron chi connectivity index (χ4n) is 2.62. The van der Waals surface area contributed by atoms with Crippen LogP contribution in [0.4, 0.5) is 0 Å². The van der Waals surface area contributed by atoms with Gasteiger partial charge in [-0.1, -0.05) is 80.6 Å². The maximum atomic E-state index is 4.53. The summed E-state index contributed by atoms with van der Waals surface area (Å²) in [5.74, 6) is 0.198. The van der Waals surface area contributed by atoms with Crippen molar-refractivity contribution in [2.75, 3.05) is 13.1 Å². The Hall–Kier alpha value is -2.45. The maximum Gasteiger partial charge on any atom is 0.0522 e. The standard InChI is InChI=1S/C18H15N.C4H11N/c1-3-9-15(10-4-1)18(16-11-5-2-6-12-16)17-13-7-8-14-19-17;1-3-5-4-2/h1-14,18H;5H,3-4H2,1-2H3. The molecule has 0 bridgehead atoms. The van der Waals surface area contributed by atoms with Gasteiger partial charge in [0, 0.05) is 6.20 Å². The number of pyridine rings is 1. The fourth-order valence-corrected chi connectivity index (χ4v) is 2.62. The Morgan fingerprint density at radius 3 is 1.58 bits per heavy atom. The first-order valence-electron chi connectivity index (χ1n) is 8.58. The Bertz CT molecular complexity index is 570. The van der Waals surface area contributed by atoms with Gasteiger partial charge in [0.05, 0.1) is 11.6 Å². The summed E-state index contributed by atoms with van der Waals surface area (Å²) in [4.78, 5) is 4.53. The molecule has 0 aliphatic carbocycles. The summed E-state index contributed by atoms with van der Waals surface area (Å²) in [6.07, 6.45) is 1.86. The molecule has 1 N–H and O–H groups in total. The van der Waals surface area contributed by atoms with Crippen molar-refractivity contribution in [3.63, 3.8) is 0 Å². The van der Waals surface area contributed by atoms with Crippen molar-refractivity contribution in [1.82, 2.24) is 10.3 Å². The molecular formula is C22H26N2. The van der Waals surface area contributed by atoms with Crippen LogP contribution in [-0.4, -0.2) is 18.1 Å². The molecule has 0 amide bonds. The van der Waals surface area contributed by atoms with Crippen LogP contribution in [0.5, 0.6) is 0 Å². The predicted octanol–water partition coefficient (Wildman–Crippen LogP) is 4.88. The minimum atomic E-state index is 0.198. The zero-order chi connectivity index (χ0) is 17.0. The molecule has 2 aromatic carbocycles. The van der Waals surface area contributed by atoms with Gasteiger partial charge in [-0.3, -0.25) is 4.98 Å². The molecule has 124 valence electrons. The molecule has 24 heavy (non-hydrogen) atoms. The molecule has 1 heterocycles. The Balaban J connectivity index is 0.000000368. The lowest BCUT2D eigenvalue weighted by molar-refractivity contribution is 0.762. The van der Waals surface area contributed by atoms with E-state index in [1.54, 1.807) is 0 Å². The first-order valence-corrected chi connectivity index (χ1v) is 8.58. The van der Waals surface area contributed by atoms with Crippen LogP contribution in [0.3, 0.4) is 0 Å². The molecule has 0 aliphatic rings. The summed E-state index contributed by atoms with van der Waals surface area (Å²) < 4.78 is 0. The minimum absolute atomic E-state index is 0.198. The number of nitrogens with one attached hydrogen (secondary N) is 1. The van der Waals surface area contributed by atoms with Crippen LogP contribution >= 0.6 is 0 Å². The van der Waals surface area contributed by atoms with Crippen molar-refractivity contribution < 1.29 is 0 Å². The van der Waals surface area contributed by atoms with Gasteiger partial charge in [-0.15, -0.1) is 0 Å². The average molecular weight is 318 g/mol. The van der Waals surface area contributed by atoms with Gasteiger partial charge in [0.1, 0.15) is 0 Å². The second-order valence-electron chi connectivity index (χ2n) is 5.47. The quantitative estimate of drug-likeness (QED) is 0.725. The molecule has 1 aromatic heterocycles. The van der Waals surface area contributed by atoms with E-state index in [9.17, 15) is 0 Å². The fraction of sp³-hybridized carbons (Fsp3) is 0.227. The zero-order valence-electron chi connectivity index (χ0n) is 14.5. The largest absolute Gasteiger partial charge is 0.317 e. The van der Waals surface area contributed by atoms with Gasteiger partial charge in [-0.05, 0) is 36.3 Å². The second-order valence-corrected chi connectivity index (χ2v) is 5.47. The molecule has 2 nitrogen and oxygen atoms in total. The van der Waals surface area contributed by atoms with E-state index < -0.39 is 0 Å². The van der Waals surface area contributed by atoms with Crippen LogP contribution < -0.4 is 5.32 Å². The van der Waals surface area contributed by atoms with Crippen LogP contribution in [0.2, 0.25) is 0 Å². The molecule has 2 heteroatoms. The van der Waals surface area contributed by atoms with E-state index in [2.05, 4.69) is 78.7 Å². The zero-order valence-corrected chi connectivity index (χ0v) is 14.5. The van der Waals surface area contributed by atoms with Crippen LogP contribution in [0.1, 0.15) is 36.6 Å². The van der Waals surface area contributed by atoms with Gasteiger partial charge in [0.15, 0.2) is 0 Å². The lowest BCUT2D eigenvalue weighted by atomic mass is 9.88. The van der Waals surface area contributed by atoms with Crippen molar-refractivity contribution >= 4 is 0 Å². The summed E-state index contributed by atoms with van der Waals surface area (Å²) in [6, 6.07) is 27.1. The molecule has 0 unspecified atom stereocenters. The topological polar surface area (TPSA) is 24.9 Å². The van der Waals surface area contributed by atoms with Gasteiger partial charge < -0.3 is 5.32 Å². The van der Waals surface area contributed by atoms with Crippen molar-refractivity contribution in [2.24, 2.45) is 0 Å². The van der Waals surface area contributed by atoms with E-state index in [-0.39, 0.29) is 5.92 Å². The van der Waals surface area contributed by atoms with Crippen molar-refractivity contribution in [1.29, 1.82) is 0 Å². The van der Waals surface area contributed by atoms with Gasteiger partial charge in [0.2, 0.25) is 0 Å². The van der Waals surface area contributed by atoms with E-state index in [0.29, 0.717) is 0 Å². The number of rotatable bonds is 5. The number of nitrogens with zero attached hydrogens (tertiary/aromatic N) is 1. The third-order valence-electron chi connectivity index (χ3n) is 3.75. The van der Waals surface area contributed by atoms with Crippen molar-refractivity contribution in [3.8, 4) is 0 Å². The van der Waals surface area contributed by atoms with Gasteiger partial charge in [-0.2, -0.15) is 0 Å². The summed E-state index contributed by atoms with van der Waals surface area (Å²) in [5, 5.41) is 3.11. The summed E-state index contributed by atoms with van der Waals surface area (Å²) in [7, 11) is 0. The molecule has 0 saturated heterocycles. The molecule has 0 atom stereocenters. The van der Waals surface area contributed by atoms with Gasteiger partial charge in [-0.25, -0.2) is 0 Å². The molecule has 0 fully saturated rings. The molecule has 0 aliphatic heterocycles. The molecule has 0 spiro atoms. The normalized spacial score (nSPS) is 10.1. The average Bonchev–Trinajstić information content (AvgIpc) is 2.66. The molecule has 3 rings (SSSR count). The Morgan fingerprint density at radius 1 is 0.708 bits per heavy atom. The van der Waals surface area contributed by atoms with E-state index in [1.807, 2.05) is 30.5 Å². The highest BCUT2D eigenvalue weighted by Gasteiger charge is 2.16. The van der Waals surface area contributed by atoms with Crippen molar-refractivity contribution in [3.05, 3.63) is 102 Å². The van der Waals surface area contributed by atoms with Crippen LogP contribution in [-0.2, 0) is 0 Å². The first kappa shape index (κ1) is 17.9. The van der Waals surface area contributed by atoms with Gasteiger partial charge in [0.25, 0.3) is 0 Å². The van der Waals surface area contributed by atoms with Crippen molar-refractivity contribution in [2.45, 2.75) is 19.8 Å². The van der Waals surface area contributed by atoms with Gasteiger partial charge >= 0.3 is 0 Å². The highest BCUT2D eigenvalue weighted by Crippen LogP contribution is 2.29. The third-order valence-corrected chi connectivity index (χ3v) is 3.75. The minimum Gasteiger partial charge on any atom is -0.317 e. The SMILES string of the molecule is CCNCC.c1ccc(C(c2ccccc2)c2ccccn2)cc1. The van der Waals surface area contributed by atoms with E-state index >= 15 is 0 Å².